The Labute approximate surface area is 133 Å². The topological polar surface area (TPSA) is 85.8 Å². The molecule has 3 aromatic rings. The van der Waals surface area contributed by atoms with Crippen LogP contribution in [0.4, 0.5) is 5.69 Å². The second-order valence-corrected chi connectivity index (χ2v) is 5.13. The summed E-state index contributed by atoms with van der Waals surface area (Å²) in [5.74, 6) is 1.15. The molecular weight excluding hydrogens is 294 g/mol. The minimum absolute atomic E-state index is 0.0342. The largest absolute Gasteiger partial charge is 0.339 e. The summed E-state index contributed by atoms with van der Waals surface area (Å²) in [5.41, 5.74) is 1.71. The maximum Gasteiger partial charge on any atom is 0.226 e. The average Bonchev–Trinajstić information content (AvgIpc) is 3.20. The van der Waals surface area contributed by atoms with Crippen molar-refractivity contribution in [1.82, 2.24) is 19.9 Å². The second kappa shape index (κ2) is 6.87. The highest BCUT2D eigenvalue weighted by atomic mass is 16.5. The molecule has 0 saturated carbocycles. The molecule has 7 nitrogen and oxygen atoms in total. The fraction of sp³-hybridized carbons (Fsp3) is 0.250. The normalized spacial score (nSPS) is 10.7. The summed E-state index contributed by atoms with van der Waals surface area (Å²) in [6, 6.07) is 9.39. The number of aryl methyl sites for hydroxylation is 2. The molecule has 0 bridgehead atoms. The van der Waals surface area contributed by atoms with E-state index in [0.29, 0.717) is 31.0 Å². The summed E-state index contributed by atoms with van der Waals surface area (Å²) in [6.07, 6.45) is 5.26. The van der Waals surface area contributed by atoms with E-state index in [9.17, 15) is 4.79 Å². The monoisotopic (exact) mass is 311 g/mol. The van der Waals surface area contributed by atoms with Gasteiger partial charge in [-0.15, -0.1) is 0 Å². The van der Waals surface area contributed by atoms with Gasteiger partial charge >= 0.3 is 0 Å². The molecule has 1 N–H and O–H groups in total. The van der Waals surface area contributed by atoms with Crippen LogP contribution in [-0.4, -0.2) is 25.8 Å². The van der Waals surface area contributed by atoms with Crippen LogP contribution < -0.4 is 5.32 Å². The van der Waals surface area contributed by atoms with Crippen LogP contribution >= 0.6 is 0 Å². The summed E-state index contributed by atoms with van der Waals surface area (Å²) in [4.78, 5) is 16.0. The molecule has 0 atom stereocenters. The van der Waals surface area contributed by atoms with E-state index in [4.69, 9.17) is 4.52 Å². The number of amides is 1. The molecule has 3 rings (SSSR count). The first-order chi connectivity index (χ1) is 11.2. The standard InChI is InChI=1S/C16H17N5O2/c1-12-18-16(23-20-12)5-2-4-15(22)19-13-6-8-14(9-7-13)21-11-3-10-17-21/h3,6-11H,2,4-5H2,1H3,(H,19,22). The lowest BCUT2D eigenvalue weighted by molar-refractivity contribution is -0.116. The van der Waals surface area contributed by atoms with Gasteiger partial charge in [-0.05, 0) is 43.7 Å². The summed E-state index contributed by atoms with van der Waals surface area (Å²) >= 11 is 0. The minimum atomic E-state index is -0.0342. The van der Waals surface area contributed by atoms with E-state index in [1.807, 2.05) is 36.5 Å². The van der Waals surface area contributed by atoms with Gasteiger partial charge in [-0.1, -0.05) is 5.16 Å². The van der Waals surface area contributed by atoms with E-state index in [1.165, 1.54) is 0 Å². The van der Waals surface area contributed by atoms with Crippen LogP contribution in [0, 0.1) is 6.92 Å². The second-order valence-electron chi connectivity index (χ2n) is 5.13. The van der Waals surface area contributed by atoms with Crippen molar-refractivity contribution in [2.75, 3.05) is 5.32 Å². The van der Waals surface area contributed by atoms with Gasteiger partial charge in [-0.2, -0.15) is 10.1 Å². The summed E-state index contributed by atoms with van der Waals surface area (Å²) in [6.45, 7) is 1.77. The molecule has 1 amide bonds. The number of aromatic nitrogens is 4. The molecule has 0 unspecified atom stereocenters. The predicted octanol–water partition coefficient (Wildman–Crippen LogP) is 2.53. The highest BCUT2D eigenvalue weighted by molar-refractivity contribution is 5.90. The van der Waals surface area contributed by atoms with Crippen molar-refractivity contribution in [3.63, 3.8) is 0 Å². The quantitative estimate of drug-likeness (QED) is 0.756. The van der Waals surface area contributed by atoms with Crippen LogP contribution in [0.1, 0.15) is 24.6 Å². The van der Waals surface area contributed by atoms with Gasteiger partial charge in [0.2, 0.25) is 11.8 Å². The maximum absolute atomic E-state index is 11.9. The number of benzene rings is 1. The van der Waals surface area contributed by atoms with E-state index >= 15 is 0 Å². The maximum atomic E-state index is 11.9. The third-order valence-corrected chi connectivity index (χ3v) is 3.28. The summed E-state index contributed by atoms with van der Waals surface area (Å²) in [7, 11) is 0. The molecule has 0 aliphatic rings. The molecule has 0 saturated heterocycles. The van der Waals surface area contributed by atoms with Gasteiger partial charge in [0.1, 0.15) is 0 Å². The number of rotatable bonds is 6. The van der Waals surface area contributed by atoms with Gasteiger partial charge in [-0.3, -0.25) is 4.79 Å². The molecular formula is C16H17N5O2. The molecule has 0 fully saturated rings. The Morgan fingerprint density at radius 2 is 2.13 bits per heavy atom. The number of nitrogens with zero attached hydrogens (tertiary/aromatic N) is 4. The van der Waals surface area contributed by atoms with Crippen molar-refractivity contribution in [2.24, 2.45) is 0 Å². The molecule has 1 aromatic carbocycles. The van der Waals surface area contributed by atoms with Gasteiger partial charge in [0, 0.05) is 30.9 Å². The van der Waals surface area contributed by atoms with Gasteiger partial charge in [0.05, 0.1) is 5.69 Å². The molecule has 0 aliphatic carbocycles. The number of nitrogens with one attached hydrogen (secondary N) is 1. The summed E-state index contributed by atoms with van der Waals surface area (Å²) in [5, 5.41) is 10.7. The highest BCUT2D eigenvalue weighted by Gasteiger charge is 2.06. The van der Waals surface area contributed by atoms with Gasteiger partial charge in [0.15, 0.2) is 5.82 Å². The fourth-order valence-electron chi connectivity index (χ4n) is 2.18. The first kappa shape index (κ1) is 15.0. The predicted molar refractivity (Wildman–Crippen MR) is 84.2 cm³/mol. The Morgan fingerprint density at radius 1 is 1.30 bits per heavy atom. The van der Waals surface area contributed by atoms with Crippen molar-refractivity contribution < 1.29 is 9.32 Å². The van der Waals surface area contributed by atoms with Gasteiger partial charge < -0.3 is 9.84 Å². The zero-order valence-corrected chi connectivity index (χ0v) is 12.8. The molecule has 0 radical (unpaired) electrons. The molecule has 2 heterocycles. The van der Waals surface area contributed by atoms with E-state index < -0.39 is 0 Å². The SMILES string of the molecule is Cc1noc(CCCC(=O)Nc2ccc(-n3cccn3)cc2)n1. The average molecular weight is 311 g/mol. The van der Waals surface area contributed by atoms with Crippen molar-refractivity contribution in [3.05, 3.63) is 54.4 Å². The number of anilines is 1. The summed E-state index contributed by atoms with van der Waals surface area (Å²) < 4.78 is 6.77. The van der Waals surface area contributed by atoms with Crippen LogP contribution in [0.25, 0.3) is 5.69 Å². The Balaban J connectivity index is 1.48. The Kier molecular flexibility index (Phi) is 4.46. The van der Waals surface area contributed by atoms with Crippen molar-refractivity contribution in [2.45, 2.75) is 26.2 Å². The Bertz CT molecular complexity index is 762. The first-order valence-electron chi connectivity index (χ1n) is 7.40. The number of carbonyl (C=O) groups excluding carboxylic acids is 1. The molecule has 2 aromatic heterocycles. The smallest absolute Gasteiger partial charge is 0.226 e. The van der Waals surface area contributed by atoms with E-state index in [-0.39, 0.29) is 5.91 Å². The third kappa shape index (κ3) is 4.03. The van der Waals surface area contributed by atoms with Crippen LogP contribution in [-0.2, 0) is 11.2 Å². The van der Waals surface area contributed by atoms with Crippen LogP contribution in [0.3, 0.4) is 0 Å². The lowest BCUT2D eigenvalue weighted by Crippen LogP contribution is -2.11. The van der Waals surface area contributed by atoms with Crippen LogP contribution in [0.15, 0.2) is 47.2 Å². The highest BCUT2D eigenvalue weighted by Crippen LogP contribution is 2.13. The minimum Gasteiger partial charge on any atom is -0.339 e. The van der Waals surface area contributed by atoms with Crippen molar-refractivity contribution in [1.29, 1.82) is 0 Å². The van der Waals surface area contributed by atoms with E-state index in [2.05, 4.69) is 20.6 Å². The number of carbonyl (C=O) groups is 1. The Hall–Kier alpha value is -2.96. The van der Waals surface area contributed by atoms with E-state index in [1.54, 1.807) is 17.8 Å². The molecule has 118 valence electrons. The lowest BCUT2D eigenvalue weighted by Gasteiger charge is -2.06. The number of hydrogen-bond donors (Lipinski definition) is 1. The van der Waals surface area contributed by atoms with Crippen molar-refractivity contribution in [3.8, 4) is 5.69 Å². The molecule has 7 heteroatoms. The fourth-order valence-corrected chi connectivity index (χ4v) is 2.18. The Morgan fingerprint density at radius 3 is 2.78 bits per heavy atom. The number of hydrogen-bond acceptors (Lipinski definition) is 5. The van der Waals surface area contributed by atoms with Crippen LogP contribution in [0.5, 0.6) is 0 Å². The first-order valence-corrected chi connectivity index (χ1v) is 7.40. The van der Waals surface area contributed by atoms with Crippen molar-refractivity contribution >= 4 is 11.6 Å². The molecule has 23 heavy (non-hydrogen) atoms. The van der Waals surface area contributed by atoms with E-state index in [0.717, 1.165) is 11.4 Å². The van der Waals surface area contributed by atoms with Gasteiger partial charge in [-0.25, -0.2) is 4.68 Å². The van der Waals surface area contributed by atoms with Gasteiger partial charge in [0.25, 0.3) is 0 Å². The zero-order valence-electron chi connectivity index (χ0n) is 12.8. The molecule has 0 aliphatic heterocycles. The van der Waals surface area contributed by atoms with Crippen LogP contribution in [0.2, 0.25) is 0 Å². The molecule has 0 spiro atoms. The lowest BCUT2D eigenvalue weighted by atomic mass is 10.2. The zero-order chi connectivity index (χ0) is 16.1. The third-order valence-electron chi connectivity index (χ3n) is 3.28.